The Labute approximate surface area is 204 Å². The average molecular weight is 493 g/mol. The van der Waals surface area contributed by atoms with E-state index in [9.17, 15) is 14.2 Å². The molecule has 0 N–H and O–H groups in total. The van der Waals surface area contributed by atoms with Crippen LogP contribution in [-0.2, 0) is 14.2 Å². The molecule has 0 saturated carbocycles. The van der Waals surface area contributed by atoms with Gasteiger partial charge < -0.3 is 18.9 Å². The highest BCUT2D eigenvalue weighted by molar-refractivity contribution is 7.34. The molecule has 0 bridgehead atoms. The van der Waals surface area contributed by atoms with Crippen LogP contribution in [-0.4, -0.2) is 37.0 Å². The molecule has 1 rings (SSSR count). The quantitative estimate of drug-likeness (QED) is 0.201. The minimum absolute atomic E-state index is 0.0785. The Morgan fingerprint density at radius 3 is 1.71 bits per heavy atom. The maximum absolute atomic E-state index is 12.7. The van der Waals surface area contributed by atoms with Gasteiger partial charge in [-0.15, -0.1) is 0 Å². The van der Waals surface area contributed by atoms with Gasteiger partial charge >= 0.3 is 0 Å². The van der Waals surface area contributed by atoms with Crippen molar-refractivity contribution in [3.8, 4) is 23.0 Å². The van der Waals surface area contributed by atoms with Crippen LogP contribution in [0.15, 0.2) is 30.4 Å². The van der Waals surface area contributed by atoms with E-state index < -0.39 is 12.2 Å². The molecule has 188 valence electrons. The van der Waals surface area contributed by atoms with Crippen molar-refractivity contribution in [1.82, 2.24) is 0 Å². The molecule has 8 heteroatoms. The summed E-state index contributed by atoms with van der Waals surface area (Å²) in [4.78, 5) is 25.5. The van der Waals surface area contributed by atoms with Crippen LogP contribution in [0.4, 0.5) is 0 Å². The summed E-state index contributed by atoms with van der Waals surface area (Å²) in [6.07, 6.45) is 0.389. The van der Waals surface area contributed by atoms with E-state index in [1.807, 2.05) is 27.7 Å². The zero-order chi connectivity index (χ0) is 25.8. The summed E-state index contributed by atoms with van der Waals surface area (Å²) < 4.78 is 36.2. The topological polar surface area (TPSA) is 88.1 Å². The fourth-order valence-corrected chi connectivity index (χ4v) is 3.43. The number of carbonyl (C=O) groups is 2. The predicted molar refractivity (Wildman–Crippen MR) is 134 cm³/mol. The molecule has 1 aromatic rings. The van der Waals surface area contributed by atoms with Crippen molar-refractivity contribution in [3.63, 3.8) is 0 Å². The summed E-state index contributed by atoms with van der Waals surface area (Å²) in [5, 5.41) is 0.291. The first-order valence-electron chi connectivity index (χ1n) is 11.7. The molecule has 0 aromatic heterocycles. The summed E-state index contributed by atoms with van der Waals surface area (Å²) in [5.41, 5.74) is 0.696. The number of ketones is 2. The van der Waals surface area contributed by atoms with Gasteiger partial charge in [0.25, 0.3) is 0 Å². The molecule has 0 fully saturated rings. The van der Waals surface area contributed by atoms with Gasteiger partial charge in [0.2, 0.25) is 11.5 Å². The van der Waals surface area contributed by atoms with E-state index in [1.54, 1.807) is 19.9 Å². The third kappa shape index (κ3) is 7.69. The highest BCUT2D eigenvalue weighted by Crippen LogP contribution is 2.46. The molecule has 34 heavy (non-hydrogen) atoms. The summed E-state index contributed by atoms with van der Waals surface area (Å²) >= 11 is 0. The van der Waals surface area contributed by atoms with Crippen molar-refractivity contribution in [2.45, 2.75) is 79.4 Å². The lowest BCUT2D eigenvalue weighted by molar-refractivity contribution is -0.123. The first kappa shape index (κ1) is 29.4. The van der Waals surface area contributed by atoms with E-state index in [0.29, 0.717) is 55.3 Å². The van der Waals surface area contributed by atoms with Crippen molar-refractivity contribution in [3.05, 3.63) is 30.4 Å². The molecule has 1 aromatic carbocycles. The number of Topliss-reactive ketones (excluding diaryl/α,β-unsaturated/α-hetero) is 2. The number of hydrogen-bond donors (Lipinski definition) is 0. The predicted octanol–water partition coefficient (Wildman–Crippen LogP) is 5.79. The van der Waals surface area contributed by atoms with Gasteiger partial charge in [-0.2, -0.15) is 0 Å². The molecule has 7 nitrogen and oxygen atoms in total. The normalized spacial score (nSPS) is 12.5. The van der Waals surface area contributed by atoms with E-state index in [1.165, 1.54) is 0 Å². The molecule has 0 aliphatic rings. The zero-order valence-electron chi connectivity index (χ0n) is 21.2. The van der Waals surface area contributed by atoms with Crippen LogP contribution in [0.25, 0.3) is 0 Å². The van der Waals surface area contributed by atoms with Gasteiger partial charge in [-0.05, 0) is 50.7 Å². The number of hydrogen-bond acceptors (Lipinski definition) is 7. The van der Waals surface area contributed by atoms with Crippen molar-refractivity contribution < 1.29 is 33.1 Å². The number of rotatable bonds is 17. The van der Waals surface area contributed by atoms with Crippen molar-refractivity contribution >= 4 is 25.3 Å². The number of ether oxygens (including phenoxy) is 4. The van der Waals surface area contributed by atoms with Crippen LogP contribution in [0.5, 0.6) is 23.0 Å². The number of benzene rings is 1. The van der Waals surface area contributed by atoms with E-state index in [2.05, 4.69) is 13.2 Å². The van der Waals surface area contributed by atoms with Gasteiger partial charge in [-0.25, -0.2) is 0 Å². The summed E-state index contributed by atoms with van der Waals surface area (Å²) in [6.45, 7) is 18.9. The Morgan fingerprint density at radius 2 is 1.29 bits per heavy atom. The molecule has 2 unspecified atom stereocenters. The second-order valence-corrected chi connectivity index (χ2v) is 8.65. The monoisotopic (exact) mass is 492 g/mol. The SMILES string of the molecule is C=C(C)C(=O)C(CC)Oc1c(OCCC)cc(P=O)c(OCCC)c1OC(CC)C(=O)C(=C)C. The lowest BCUT2D eigenvalue weighted by Gasteiger charge is -2.26. The van der Waals surface area contributed by atoms with Crippen LogP contribution in [0, 0.1) is 0 Å². The van der Waals surface area contributed by atoms with Crippen molar-refractivity contribution in [2.75, 3.05) is 13.2 Å². The molecule has 0 amide bonds. The van der Waals surface area contributed by atoms with Crippen LogP contribution in [0.3, 0.4) is 0 Å². The largest absolute Gasteiger partial charge is 0.490 e. The van der Waals surface area contributed by atoms with E-state index in [0.717, 1.165) is 0 Å². The summed E-state index contributed by atoms with van der Waals surface area (Å²) in [5.74, 6) is 0.104. The van der Waals surface area contributed by atoms with Crippen molar-refractivity contribution in [1.29, 1.82) is 0 Å². The first-order chi connectivity index (χ1) is 16.2. The van der Waals surface area contributed by atoms with Gasteiger partial charge in [0.1, 0.15) is 0 Å². The molecular weight excluding hydrogens is 455 g/mol. The van der Waals surface area contributed by atoms with Gasteiger partial charge in [-0.1, -0.05) is 40.9 Å². The Hall–Kier alpha value is -2.66. The Morgan fingerprint density at radius 1 is 0.824 bits per heavy atom. The van der Waals surface area contributed by atoms with Gasteiger partial charge in [0.15, 0.2) is 43.7 Å². The molecule has 0 spiro atoms. The van der Waals surface area contributed by atoms with Crippen LogP contribution >= 0.6 is 8.46 Å². The fraction of sp³-hybridized carbons (Fsp3) is 0.538. The molecule has 2 atom stereocenters. The first-order valence-corrected chi connectivity index (χ1v) is 12.5. The van der Waals surface area contributed by atoms with Crippen LogP contribution in [0.1, 0.15) is 67.2 Å². The lowest BCUT2D eigenvalue weighted by atomic mass is 10.1. The van der Waals surface area contributed by atoms with Gasteiger partial charge in [0, 0.05) is 6.07 Å². The Kier molecular flexibility index (Phi) is 12.6. The van der Waals surface area contributed by atoms with Gasteiger partial charge in [0.05, 0.1) is 18.5 Å². The lowest BCUT2D eigenvalue weighted by Crippen LogP contribution is -2.30. The zero-order valence-corrected chi connectivity index (χ0v) is 22.1. The minimum atomic E-state index is -0.877. The molecular formula is C26H37O7P. The van der Waals surface area contributed by atoms with E-state index >= 15 is 0 Å². The Bertz CT molecular complexity index is 907. The average Bonchev–Trinajstić information content (AvgIpc) is 2.82. The molecule has 0 heterocycles. The molecule has 0 aliphatic heterocycles. The summed E-state index contributed by atoms with van der Waals surface area (Å²) in [6, 6.07) is 1.55. The second-order valence-electron chi connectivity index (χ2n) is 7.99. The summed E-state index contributed by atoms with van der Waals surface area (Å²) in [7, 11) is -0.319. The number of carbonyl (C=O) groups excluding carboxylic acids is 2. The van der Waals surface area contributed by atoms with E-state index in [4.69, 9.17) is 18.9 Å². The van der Waals surface area contributed by atoms with Gasteiger partial charge in [-0.3, -0.25) is 14.2 Å². The highest BCUT2D eigenvalue weighted by atomic mass is 31.1. The maximum atomic E-state index is 12.7. The third-order valence-corrected chi connectivity index (χ3v) is 5.36. The standard InChI is InChI=1S/C26H37O7P/c1-9-13-30-20-15-21(34-29)25(31-14-10-2)26(33-19(12-4)23(28)17(7)8)24(20)32-18(11-3)22(27)16(5)6/h15,18-19H,5,7,9-14H2,1-4,6,8H3. The second kappa shape index (κ2) is 14.6. The minimum Gasteiger partial charge on any atom is -0.490 e. The molecule has 0 saturated heterocycles. The molecule has 0 aliphatic carbocycles. The third-order valence-electron chi connectivity index (χ3n) is 4.84. The fourth-order valence-electron chi connectivity index (χ4n) is 3.01. The van der Waals surface area contributed by atoms with Crippen LogP contribution < -0.4 is 24.3 Å². The van der Waals surface area contributed by atoms with E-state index in [-0.39, 0.29) is 43.0 Å². The maximum Gasteiger partial charge on any atom is 0.209 e. The highest BCUT2D eigenvalue weighted by Gasteiger charge is 2.31. The van der Waals surface area contributed by atoms with Crippen LogP contribution in [0.2, 0.25) is 0 Å². The smallest absolute Gasteiger partial charge is 0.209 e. The molecule has 0 radical (unpaired) electrons. The van der Waals surface area contributed by atoms with Crippen molar-refractivity contribution in [2.24, 2.45) is 0 Å². The Balaban J connectivity index is 3.84.